The van der Waals surface area contributed by atoms with Crippen molar-refractivity contribution in [3.63, 3.8) is 0 Å². The molecular weight excluding hydrogens is 214 g/mol. The van der Waals surface area contributed by atoms with E-state index in [1.165, 1.54) is 43.4 Å². The minimum absolute atomic E-state index is 0.741. The minimum atomic E-state index is 0.741. The summed E-state index contributed by atoms with van der Waals surface area (Å²) in [6.45, 7) is 5.68. The van der Waals surface area contributed by atoms with Crippen molar-refractivity contribution in [2.45, 2.75) is 58.4 Å². The van der Waals surface area contributed by atoms with Crippen LogP contribution in [0, 0.1) is 0 Å². The van der Waals surface area contributed by atoms with Crippen molar-refractivity contribution in [3.05, 3.63) is 22.4 Å². The monoisotopic (exact) mass is 239 g/mol. The third-order valence-electron chi connectivity index (χ3n) is 2.93. The van der Waals surface area contributed by atoms with Crippen LogP contribution >= 0.6 is 11.3 Å². The molecule has 1 nitrogen and oxygen atoms in total. The number of hydrogen-bond donors (Lipinski definition) is 1. The number of nitrogens with one attached hydrogen (secondary N) is 1. The van der Waals surface area contributed by atoms with Crippen LogP contribution in [0.15, 0.2) is 17.5 Å². The molecule has 1 aromatic rings. The lowest BCUT2D eigenvalue weighted by molar-refractivity contribution is 0.438. The van der Waals surface area contributed by atoms with Crippen LogP contribution < -0.4 is 5.32 Å². The van der Waals surface area contributed by atoms with Crippen LogP contribution in [0.4, 0.5) is 0 Å². The fourth-order valence-corrected chi connectivity index (χ4v) is 2.71. The molecule has 16 heavy (non-hydrogen) atoms. The predicted octanol–water partition coefficient (Wildman–Crippen LogP) is 4.24. The van der Waals surface area contributed by atoms with Crippen molar-refractivity contribution in [2.24, 2.45) is 0 Å². The van der Waals surface area contributed by atoms with Crippen molar-refractivity contribution in [1.82, 2.24) is 5.32 Å². The minimum Gasteiger partial charge on any atom is -0.314 e. The molecule has 2 heteroatoms. The van der Waals surface area contributed by atoms with Gasteiger partial charge in [0.15, 0.2) is 0 Å². The Morgan fingerprint density at radius 1 is 1.25 bits per heavy atom. The molecule has 1 heterocycles. The lowest BCUT2D eigenvalue weighted by atomic mass is 10.1. The molecule has 0 aromatic carbocycles. The zero-order chi connectivity index (χ0) is 11.6. The molecule has 1 aromatic heterocycles. The molecule has 0 bridgehead atoms. The first-order valence-electron chi connectivity index (χ1n) is 6.62. The van der Waals surface area contributed by atoms with E-state index < -0.39 is 0 Å². The highest BCUT2D eigenvalue weighted by Crippen LogP contribution is 2.10. The van der Waals surface area contributed by atoms with E-state index in [0.29, 0.717) is 0 Å². The first-order chi connectivity index (χ1) is 7.86. The first kappa shape index (κ1) is 13.7. The Balaban J connectivity index is 2.15. The highest BCUT2D eigenvalue weighted by molar-refractivity contribution is 7.09. The van der Waals surface area contributed by atoms with Crippen LogP contribution in [0.1, 0.15) is 50.8 Å². The van der Waals surface area contributed by atoms with E-state index in [4.69, 9.17) is 0 Å². The number of unbranched alkanes of at least 4 members (excludes halogenated alkanes) is 1. The van der Waals surface area contributed by atoms with Gasteiger partial charge in [-0.3, -0.25) is 0 Å². The van der Waals surface area contributed by atoms with Gasteiger partial charge in [0.1, 0.15) is 0 Å². The maximum Gasteiger partial charge on any atom is 0.00670 e. The zero-order valence-electron chi connectivity index (χ0n) is 10.7. The van der Waals surface area contributed by atoms with E-state index in [1.807, 2.05) is 11.3 Å². The quantitative estimate of drug-likeness (QED) is 0.679. The van der Waals surface area contributed by atoms with Gasteiger partial charge in [-0.05, 0) is 30.7 Å². The van der Waals surface area contributed by atoms with Gasteiger partial charge in [0.2, 0.25) is 0 Å². The molecule has 92 valence electrons. The second-order valence-corrected chi connectivity index (χ2v) is 5.44. The molecule has 0 aliphatic carbocycles. The molecule has 1 unspecified atom stereocenters. The van der Waals surface area contributed by atoms with Crippen molar-refractivity contribution in [2.75, 3.05) is 6.54 Å². The standard InChI is InChI=1S/C14H25NS/c1-3-5-8-13(7-4-2)15-11-10-14-9-6-12-16-14/h6,9,12-13,15H,3-5,7-8,10-11H2,1-2H3. The van der Waals surface area contributed by atoms with Crippen LogP contribution in [-0.2, 0) is 6.42 Å². The summed E-state index contributed by atoms with van der Waals surface area (Å²) in [4.78, 5) is 1.50. The Hall–Kier alpha value is -0.340. The number of hydrogen-bond acceptors (Lipinski definition) is 2. The molecule has 0 saturated heterocycles. The van der Waals surface area contributed by atoms with Gasteiger partial charge in [-0.25, -0.2) is 0 Å². The van der Waals surface area contributed by atoms with Gasteiger partial charge in [0.25, 0.3) is 0 Å². The first-order valence-corrected chi connectivity index (χ1v) is 7.50. The van der Waals surface area contributed by atoms with Crippen molar-refractivity contribution in [1.29, 1.82) is 0 Å². The molecule has 0 spiro atoms. The molecular formula is C14H25NS. The summed E-state index contributed by atoms with van der Waals surface area (Å²) in [5.74, 6) is 0. The third kappa shape index (κ3) is 5.66. The topological polar surface area (TPSA) is 12.0 Å². The molecule has 0 aliphatic heterocycles. The summed E-state index contributed by atoms with van der Waals surface area (Å²) in [5, 5.41) is 5.86. The average Bonchev–Trinajstić information content (AvgIpc) is 2.79. The van der Waals surface area contributed by atoms with E-state index in [-0.39, 0.29) is 0 Å². The lowest BCUT2D eigenvalue weighted by Crippen LogP contribution is -2.30. The SMILES string of the molecule is CCCCC(CCC)NCCc1cccs1. The Morgan fingerprint density at radius 3 is 2.75 bits per heavy atom. The second kappa shape index (κ2) is 8.77. The largest absolute Gasteiger partial charge is 0.314 e. The maximum absolute atomic E-state index is 3.70. The van der Waals surface area contributed by atoms with Gasteiger partial charge < -0.3 is 5.32 Å². The molecule has 1 atom stereocenters. The Morgan fingerprint density at radius 2 is 2.12 bits per heavy atom. The van der Waals surface area contributed by atoms with Crippen molar-refractivity contribution >= 4 is 11.3 Å². The third-order valence-corrected chi connectivity index (χ3v) is 3.86. The van der Waals surface area contributed by atoms with Crippen LogP contribution in [0.5, 0.6) is 0 Å². The fraction of sp³-hybridized carbons (Fsp3) is 0.714. The summed E-state index contributed by atoms with van der Waals surface area (Å²) in [6, 6.07) is 5.11. The lowest BCUT2D eigenvalue weighted by Gasteiger charge is -2.17. The van der Waals surface area contributed by atoms with Crippen molar-refractivity contribution in [3.8, 4) is 0 Å². The second-order valence-electron chi connectivity index (χ2n) is 4.41. The van der Waals surface area contributed by atoms with E-state index in [9.17, 15) is 0 Å². The van der Waals surface area contributed by atoms with Gasteiger partial charge in [0, 0.05) is 17.5 Å². The summed E-state index contributed by atoms with van der Waals surface area (Å²) in [5.41, 5.74) is 0. The fourth-order valence-electron chi connectivity index (χ4n) is 2.00. The van der Waals surface area contributed by atoms with E-state index in [1.54, 1.807) is 0 Å². The summed E-state index contributed by atoms with van der Waals surface area (Å²) < 4.78 is 0. The molecule has 0 amide bonds. The highest BCUT2D eigenvalue weighted by atomic mass is 32.1. The van der Waals surface area contributed by atoms with E-state index in [2.05, 4.69) is 36.7 Å². The van der Waals surface area contributed by atoms with Gasteiger partial charge in [-0.1, -0.05) is 39.2 Å². The van der Waals surface area contributed by atoms with Crippen LogP contribution in [0.2, 0.25) is 0 Å². The van der Waals surface area contributed by atoms with Gasteiger partial charge in [-0.15, -0.1) is 11.3 Å². The summed E-state index contributed by atoms with van der Waals surface area (Å²) >= 11 is 1.87. The van der Waals surface area contributed by atoms with Gasteiger partial charge >= 0.3 is 0 Å². The van der Waals surface area contributed by atoms with Gasteiger partial charge in [0.05, 0.1) is 0 Å². The summed E-state index contributed by atoms with van der Waals surface area (Å²) in [7, 11) is 0. The molecule has 1 N–H and O–H groups in total. The Labute approximate surface area is 104 Å². The zero-order valence-corrected chi connectivity index (χ0v) is 11.5. The van der Waals surface area contributed by atoms with Crippen LogP contribution in [0.3, 0.4) is 0 Å². The smallest absolute Gasteiger partial charge is 0.00670 e. The number of thiophene rings is 1. The molecule has 0 fully saturated rings. The van der Waals surface area contributed by atoms with E-state index in [0.717, 1.165) is 12.6 Å². The molecule has 1 rings (SSSR count). The van der Waals surface area contributed by atoms with Crippen molar-refractivity contribution < 1.29 is 0 Å². The Bertz CT molecular complexity index is 243. The molecule has 0 radical (unpaired) electrons. The van der Waals surface area contributed by atoms with Crippen LogP contribution in [0.25, 0.3) is 0 Å². The van der Waals surface area contributed by atoms with Crippen LogP contribution in [-0.4, -0.2) is 12.6 Å². The summed E-state index contributed by atoms with van der Waals surface area (Å²) in [6.07, 6.45) is 7.81. The molecule has 0 aliphatic rings. The van der Waals surface area contributed by atoms with Gasteiger partial charge in [-0.2, -0.15) is 0 Å². The number of rotatable bonds is 9. The average molecular weight is 239 g/mol. The molecule has 0 saturated carbocycles. The maximum atomic E-state index is 3.70. The highest BCUT2D eigenvalue weighted by Gasteiger charge is 2.05. The van der Waals surface area contributed by atoms with E-state index >= 15 is 0 Å². The predicted molar refractivity (Wildman–Crippen MR) is 74.2 cm³/mol. The normalized spacial score (nSPS) is 12.9. The Kier molecular flexibility index (Phi) is 7.52.